The Labute approximate surface area is 72.9 Å². The van der Waals surface area contributed by atoms with Gasteiger partial charge in [-0.05, 0) is 26.0 Å². The minimum Gasteiger partial charge on any atom is -0.384 e. The number of aliphatic hydroxyl groups excluding tert-OH is 1. The van der Waals surface area contributed by atoms with E-state index in [1.165, 1.54) is 12.2 Å². The van der Waals surface area contributed by atoms with Crippen LogP contribution in [0.1, 0.15) is 13.8 Å². The lowest BCUT2D eigenvalue weighted by Gasteiger charge is -2.04. The van der Waals surface area contributed by atoms with Crippen LogP contribution in [0.4, 0.5) is 0 Å². The molecule has 0 spiro atoms. The zero-order valence-electron chi connectivity index (χ0n) is 7.26. The van der Waals surface area contributed by atoms with Crippen molar-refractivity contribution in [2.45, 2.75) is 19.4 Å². The van der Waals surface area contributed by atoms with Crippen LogP contribution in [0.5, 0.6) is 0 Å². The van der Waals surface area contributed by atoms with Gasteiger partial charge in [0.15, 0.2) is 0 Å². The minimum atomic E-state index is -0.964. The van der Waals surface area contributed by atoms with E-state index in [-0.39, 0.29) is 6.61 Å². The highest BCUT2D eigenvalue weighted by molar-refractivity contribution is 5.26. The van der Waals surface area contributed by atoms with Gasteiger partial charge in [-0.2, -0.15) is 0 Å². The van der Waals surface area contributed by atoms with Crippen molar-refractivity contribution < 1.29 is 10.2 Å². The Hall–Kier alpha value is -1.22. The van der Waals surface area contributed by atoms with Gasteiger partial charge in [-0.1, -0.05) is 23.7 Å². The summed E-state index contributed by atoms with van der Waals surface area (Å²) in [5, 5.41) is 17.4. The van der Waals surface area contributed by atoms with Crippen molar-refractivity contribution in [3.63, 3.8) is 0 Å². The first-order valence-electron chi connectivity index (χ1n) is 3.55. The second kappa shape index (κ2) is 5.43. The van der Waals surface area contributed by atoms with E-state index in [0.717, 1.165) is 0 Å². The summed E-state index contributed by atoms with van der Waals surface area (Å²) in [6.45, 7) is 3.06. The van der Waals surface area contributed by atoms with E-state index < -0.39 is 5.60 Å². The van der Waals surface area contributed by atoms with E-state index in [1.54, 1.807) is 13.8 Å². The molecule has 0 radical (unpaired) electrons. The first kappa shape index (κ1) is 10.8. The largest absolute Gasteiger partial charge is 0.384 e. The summed E-state index contributed by atoms with van der Waals surface area (Å²) in [4.78, 5) is 0. The second-order valence-corrected chi connectivity index (χ2v) is 2.64. The molecule has 0 aromatic carbocycles. The van der Waals surface area contributed by atoms with Gasteiger partial charge in [-0.15, -0.1) is 0 Å². The van der Waals surface area contributed by atoms with Gasteiger partial charge in [0.25, 0.3) is 0 Å². The summed E-state index contributed by atoms with van der Waals surface area (Å²) in [5.74, 6) is 10.2. The molecule has 0 amide bonds. The Morgan fingerprint density at radius 2 is 1.83 bits per heavy atom. The van der Waals surface area contributed by atoms with Gasteiger partial charge in [0.1, 0.15) is 12.2 Å². The minimum absolute atomic E-state index is 0.150. The van der Waals surface area contributed by atoms with Gasteiger partial charge in [0.2, 0.25) is 0 Å². The number of rotatable bonds is 0. The smallest absolute Gasteiger partial charge is 0.120 e. The molecule has 0 aromatic rings. The maximum absolute atomic E-state index is 9.14. The molecule has 2 nitrogen and oxygen atoms in total. The highest BCUT2D eigenvalue weighted by Gasteiger charge is 2.04. The highest BCUT2D eigenvalue weighted by Crippen LogP contribution is 1.95. The molecule has 0 bridgehead atoms. The molecule has 0 saturated heterocycles. The molecule has 64 valence electrons. The van der Waals surface area contributed by atoms with Crippen LogP contribution in [0.3, 0.4) is 0 Å². The second-order valence-electron chi connectivity index (χ2n) is 2.64. The molecular weight excluding hydrogens is 152 g/mol. The summed E-state index contributed by atoms with van der Waals surface area (Å²) < 4.78 is 0. The first-order valence-corrected chi connectivity index (χ1v) is 3.55. The molecule has 0 fully saturated rings. The maximum Gasteiger partial charge on any atom is 0.120 e. The van der Waals surface area contributed by atoms with Gasteiger partial charge < -0.3 is 10.2 Å². The fourth-order valence-electron chi connectivity index (χ4n) is 0.406. The predicted molar refractivity (Wildman–Crippen MR) is 48.1 cm³/mol. The van der Waals surface area contributed by atoms with E-state index in [0.29, 0.717) is 0 Å². The van der Waals surface area contributed by atoms with Gasteiger partial charge in [-0.25, -0.2) is 0 Å². The predicted octanol–water partition coefficient (Wildman–Crippen LogP) is 0.313. The van der Waals surface area contributed by atoms with Crippen LogP contribution < -0.4 is 0 Å². The van der Waals surface area contributed by atoms with Crippen molar-refractivity contribution >= 4 is 0 Å². The van der Waals surface area contributed by atoms with E-state index in [1.807, 2.05) is 0 Å². The Morgan fingerprint density at radius 1 is 1.25 bits per heavy atom. The van der Waals surface area contributed by atoms with Crippen molar-refractivity contribution in [3.05, 3.63) is 12.2 Å². The molecule has 0 rings (SSSR count). The van der Waals surface area contributed by atoms with Crippen molar-refractivity contribution in [1.82, 2.24) is 0 Å². The molecule has 0 aliphatic rings. The maximum atomic E-state index is 9.14. The number of aliphatic hydroxyl groups is 2. The van der Waals surface area contributed by atoms with E-state index in [4.69, 9.17) is 10.2 Å². The third kappa shape index (κ3) is 8.78. The summed E-state index contributed by atoms with van der Waals surface area (Å²) >= 11 is 0. The third-order valence-corrected chi connectivity index (χ3v) is 0.809. The normalized spacial score (nSPS) is 10.0. The Morgan fingerprint density at radius 3 is 2.33 bits per heavy atom. The number of hydrogen-bond acceptors (Lipinski definition) is 2. The first-order chi connectivity index (χ1) is 5.56. The van der Waals surface area contributed by atoms with Crippen molar-refractivity contribution in [2.75, 3.05) is 6.61 Å². The lowest BCUT2D eigenvalue weighted by molar-refractivity contribution is 0.143. The molecular formula is C10H12O2. The van der Waals surface area contributed by atoms with E-state index in [9.17, 15) is 0 Å². The molecule has 2 heteroatoms. The summed E-state index contributed by atoms with van der Waals surface area (Å²) in [6, 6.07) is 0. The van der Waals surface area contributed by atoms with Crippen LogP contribution in [0.15, 0.2) is 12.2 Å². The zero-order valence-corrected chi connectivity index (χ0v) is 7.26. The summed E-state index contributed by atoms with van der Waals surface area (Å²) in [5.41, 5.74) is -0.964. The van der Waals surface area contributed by atoms with Crippen molar-refractivity contribution in [1.29, 1.82) is 0 Å². The molecule has 0 saturated carbocycles. The number of allylic oxidation sites excluding steroid dienone is 2. The van der Waals surface area contributed by atoms with Crippen molar-refractivity contribution in [2.24, 2.45) is 0 Å². The average Bonchev–Trinajstić information content (AvgIpc) is 1.94. The molecule has 0 aliphatic heterocycles. The van der Waals surface area contributed by atoms with Crippen LogP contribution >= 0.6 is 0 Å². The van der Waals surface area contributed by atoms with Gasteiger partial charge in [-0.3, -0.25) is 0 Å². The quantitative estimate of drug-likeness (QED) is 0.506. The van der Waals surface area contributed by atoms with Gasteiger partial charge >= 0.3 is 0 Å². The Bertz CT molecular complexity index is 260. The van der Waals surface area contributed by atoms with Crippen LogP contribution in [0, 0.1) is 23.7 Å². The molecule has 2 N–H and O–H groups in total. The van der Waals surface area contributed by atoms with Gasteiger partial charge in [0, 0.05) is 0 Å². The molecule has 0 aromatic heterocycles. The fraction of sp³-hybridized carbons (Fsp3) is 0.400. The lowest BCUT2D eigenvalue weighted by Crippen LogP contribution is -2.14. The monoisotopic (exact) mass is 164 g/mol. The van der Waals surface area contributed by atoms with Crippen LogP contribution in [0.2, 0.25) is 0 Å². The zero-order chi connectivity index (χ0) is 9.45. The van der Waals surface area contributed by atoms with Gasteiger partial charge in [0.05, 0.1) is 0 Å². The van der Waals surface area contributed by atoms with Crippen LogP contribution in [-0.4, -0.2) is 22.4 Å². The molecule has 0 heterocycles. The lowest BCUT2D eigenvalue weighted by atomic mass is 10.1. The molecule has 0 atom stereocenters. The molecule has 0 aliphatic carbocycles. The Kier molecular flexibility index (Phi) is 4.88. The molecule has 0 unspecified atom stereocenters. The fourth-order valence-corrected chi connectivity index (χ4v) is 0.406. The average molecular weight is 164 g/mol. The van der Waals surface area contributed by atoms with Crippen molar-refractivity contribution in [3.8, 4) is 23.7 Å². The third-order valence-electron chi connectivity index (χ3n) is 0.809. The van der Waals surface area contributed by atoms with Crippen LogP contribution in [0.25, 0.3) is 0 Å². The highest BCUT2D eigenvalue weighted by atomic mass is 16.3. The van der Waals surface area contributed by atoms with E-state index >= 15 is 0 Å². The summed E-state index contributed by atoms with van der Waals surface area (Å²) in [7, 11) is 0. The summed E-state index contributed by atoms with van der Waals surface area (Å²) in [6.07, 6.45) is 3.05. The number of hydrogen-bond donors (Lipinski definition) is 2. The topological polar surface area (TPSA) is 40.5 Å². The SMILES string of the molecule is CC(C)(O)C#C/C=C/C#CCO. The standard InChI is InChI=1S/C10H12O2/c1-10(2,12)8-6-4-3-5-7-9-11/h3-4,11-12H,9H2,1-2H3/b4-3+. The Balaban J connectivity index is 3.95. The molecule has 12 heavy (non-hydrogen) atoms. The van der Waals surface area contributed by atoms with E-state index in [2.05, 4.69) is 23.7 Å². The van der Waals surface area contributed by atoms with Crippen LogP contribution in [-0.2, 0) is 0 Å².